The van der Waals surface area contributed by atoms with Crippen LogP contribution in [0, 0.1) is 0 Å². The van der Waals surface area contributed by atoms with Crippen LogP contribution in [0.1, 0.15) is 5.56 Å². The smallest absolute Gasteiger partial charge is 0.276 e. The molecular formula is C15H16ClN3O2S. The van der Waals surface area contributed by atoms with Crippen LogP contribution in [0.25, 0.3) is 0 Å². The molecule has 0 unspecified atom stereocenters. The molecule has 2 rings (SSSR count). The third-order valence-corrected chi connectivity index (χ3v) is 4.41. The van der Waals surface area contributed by atoms with Gasteiger partial charge in [-0.3, -0.25) is 0 Å². The zero-order chi connectivity index (χ0) is 16.2. The first-order chi connectivity index (χ1) is 10.4. The van der Waals surface area contributed by atoms with Gasteiger partial charge in [0, 0.05) is 24.8 Å². The monoisotopic (exact) mass is 337 g/mol. The number of rotatable bonds is 5. The Morgan fingerprint density at radius 1 is 1.05 bits per heavy atom. The standard InChI is InChI=1S/C15H16ClN3O2S/c1-19(2)14-7-3-12(4-8-14)11-17-18-22(20,21)15-9-5-13(16)6-10-15/h3-11,18H,1-2H3. The van der Waals surface area contributed by atoms with E-state index in [0.717, 1.165) is 11.3 Å². The largest absolute Gasteiger partial charge is 0.378 e. The number of sulfonamides is 1. The van der Waals surface area contributed by atoms with Crippen molar-refractivity contribution in [2.75, 3.05) is 19.0 Å². The van der Waals surface area contributed by atoms with Gasteiger partial charge < -0.3 is 4.90 Å². The van der Waals surface area contributed by atoms with Gasteiger partial charge in [0.1, 0.15) is 0 Å². The molecule has 1 N–H and O–H groups in total. The quantitative estimate of drug-likeness (QED) is 0.674. The summed E-state index contributed by atoms with van der Waals surface area (Å²) in [5.41, 5.74) is 1.85. The van der Waals surface area contributed by atoms with Crippen molar-refractivity contribution in [1.82, 2.24) is 4.83 Å². The summed E-state index contributed by atoms with van der Waals surface area (Å²) in [7, 11) is 0.212. The lowest BCUT2D eigenvalue weighted by Crippen LogP contribution is -2.18. The fourth-order valence-electron chi connectivity index (χ4n) is 1.70. The molecule has 0 radical (unpaired) electrons. The van der Waals surface area contributed by atoms with Gasteiger partial charge in [-0.05, 0) is 42.0 Å². The molecule has 0 aliphatic heterocycles. The molecule has 116 valence electrons. The summed E-state index contributed by atoms with van der Waals surface area (Å²) in [5.74, 6) is 0. The van der Waals surface area contributed by atoms with Gasteiger partial charge in [0.25, 0.3) is 10.0 Å². The molecule has 0 amide bonds. The summed E-state index contributed by atoms with van der Waals surface area (Å²) in [6.45, 7) is 0. The van der Waals surface area contributed by atoms with Crippen LogP contribution in [0.5, 0.6) is 0 Å². The summed E-state index contributed by atoms with van der Waals surface area (Å²) in [6, 6.07) is 13.4. The van der Waals surface area contributed by atoms with Crippen molar-refractivity contribution in [2.24, 2.45) is 5.10 Å². The first-order valence-electron chi connectivity index (χ1n) is 6.46. The van der Waals surface area contributed by atoms with E-state index >= 15 is 0 Å². The second-order valence-corrected chi connectivity index (χ2v) is 6.89. The van der Waals surface area contributed by atoms with Crippen LogP contribution in [0.4, 0.5) is 5.69 Å². The van der Waals surface area contributed by atoms with Crippen molar-refractivity contribution < 1.29 is 8.42 Å². The van der Waals surface area contributed by atoms with Crippen molar-refractivity contribution in [2.45, 2.75) is 4.90 Å². The average Bonchev–Trinajstić information content (AvgIpc) is 2.48. The fraction of sp³-hybridized carbons (Fsp3) is 0.133. The lowest BCUT2D eigenvalue weighted by Gasteiger charge is -2.11. The average molecular weight is 338 g/mol. The molecule has 0 saturated carbocycles. The minimum absolute atomic E-state index is 0.108. The zero-order valence-corrected chi connectivity index (χ0v) is 13.8. The summed E-state index contributed by atoms with van der Waals surface area (Å²) in [6.07, 6.45) is 1.45. The molecule has 0 saturated heterocycles. The van der Waals surface area contributed by atoms with E-state index in [1.54, 1.807) is 0 Å². The van der Waals surface area contributed by atoms with Gasteiger partial charge in [-0.25, -0.2) is 4.83 Å². The van der Waals surface area contributed by atoms with E-state index in [-0.39, 0.29) is 4.90 Å². The second-order valence-electron chi connectivity index (χ2n) is 4.79. The summed E-state index contributed by atoms with van der Waals surface area (Å²) in [4.78, 5) is 4.25. The number of hydrazone groups is 1. The van der Waals surface area contributed by atoms with Crippen LogP contribution in [0.3, 0.4) is 0 Å². The number of anilines is 1. The summed E-state index contributed by atoms with van der Waals surface area (Å²) >= 11 is 5.73. The highest BCUT2D eigenvalue weighted by Crippen LogP contribution is 2.14. The minimum atomic E-state index is -3.68. The van der Waals surface area contributed by atoms with Crippen molar-refractivity contribution in [3.63, 3.8) is 0 Å². The van der Waals surface area contributed by atoms with Crippen LogP contribution < -0.4 is 9.73 Å². The molecule has 22 heavy (non-hydrogen) atoms. The molecule has 0 bridgehead atoms. The van der Waals surface area contributed by atoms with Crippen LogP contribution in [-0.4, -0.2) is 28.7 Å². The molecule has 0 aromatic heterocycles. The van der Waals surface area contributed by atoms with Crippen molar-refractivity contribution in [1.29, 1.82) is 0 Å². The van der Waals surface area contributed by atoms with E-state index in [4.69, 9.17) is 11.6 Å². The van der Waals surface area contributed by atoms with Crippen molar-refractivity contribution >= 4 is 33.5 Å². The molecule has 0 heterocycles. The van der Waals surface area contributed by atoms with Gasteiger partial charge in [0.15, 0.2) is 0 Å². The summed E-state index contributed by atoms with van der Waals surface area (Å²) < 4.78 is 24.0. The van der Waals surface area contributed by atoms with E-state index < -0.39 is 10.0 Å². The highest BCUT2D eigenvalue weighted by atomic mass is 35.5. The minimum Gasteiger partial charge on any atom is -0.378 e. The van der Waals surface area contributed by atoms with E-state index in [1.807, 2.05) is 43.3 Å². The maximum absolute atomic E-state index is 12.0. The topological polar surface area (TPSA) is 61.8 Å². The molecule has 7 heteroatoms. The van der Waals surface area contributed by atoms with Gasteiger partial charge in [-0.15, -0.1) is 0 Å². The molecule has 2 aromatic rings. The first-order valence-corrected chi connectivity index (χ1v) is 8.32. The molecule has 0 atom stereocenters. The SMILES string of the molecule is CN(C)c1ccc(C=NNS(=O)(=O)c2ccc(Cl)cc2)cc1. The molecule has 0 fully saturated rings. The lowest BCUT2D eigenvalue weighted by molar-refractivity contribution is 0.584. The Bertz CT molecular complexity index is 754. The van der Waals surface area contributed by atoms with Crippen LogP contribution in [0.15, 0.2) is 58.5 Å². The number of halogens is 1. The van der Waals surface area contributed by atoms with Gasteiger partial charge >= 0.3 is 0 Å². The Hall–Kier alpha value is -2.05. The predicted octanol–water partition coefficient (Wildman–Crippen LogP) is 2.72. The van der Waals surface area contributed by atoms with Crippen LogP contribution in [0.2, 0.25) is 5.02 Å². The van der Waals surface area contributed by atoms with Gasteiger partial charge in [0.2, 0.25) is 0 Å². The predicted molar refractivity (Wildman–Crippen MR) is 90.1 cm³/mol. The maximum Gasteiger partial charge on any atom is 0.276 e. The summed E-state index contributed by atoms with van der Waals surface area (Å²) in [5, 5.41) is 4.25. The van der Waals surface area contributed by atoms with Gasteiger partial charge in [-0.2, -0.15) is 13.5 Å². The zero-order valence-electron chi connectivity index (χ0n) is 12.2. The van der Waals surface area contributed by atoms with E-state index in [1.165, 1.54) is 30.5 Å². The molecule has 0 spiro atoms. The number of nitrogens with zero attached hydrogens (tertiary/aromatic N) is 2. The lowest BCUT2D eigenvalue weighted by atomic mass is 10.2. The number of hydrogen-bond donors (Lipinski definition) is 1. The number of nitrogens with one attached hydrogen (secondary N) is 1. The van der Waals surface area contributed by atoms with E-state index in [2.05, 4.69) is 9.93 Å². The normalized spacial score (nSPS) is 11.6. The highest BCUT2D eigenvalue weighted by Gasteiger charge is 2.11. The Labute approximate surface area is 135 Å². The van der Waals surface area contributed by atoms with Gasteiger partial charge in [-0.1, -0.05) is 23.7 Å². The van der Waals surface area contributed by atoms with E-state index in [0.29, 0.717) is 5.02 Å². The third kappa shape index (κ3) is 4.22. The Balaban J connectivity index is 2.06. The number of hydrogen-bond acceptors (Lipinski definition) is 4. The molecular weight excluding hydrogens is 322 g/mol. The van der Waals surface area contributed by atoms with Crippen LogP contribution >= 0.6 is 11.6 Å². The Kier molecular flexibility index (Phi) is 5.05. The van der Waals surface area contributed by atoms with Crippen molar-refractivity contribution in [3.05, 3.63) is 59.1 Å². The Morgan fingerprint density at radius 2 is 1.64 bits per heavy atom. The van der Waals surface area contributed by atoms with Gasteiger partial charge in [0.05, 0.1) is 11.1 Å². The van der Waals surface area contributed by atoms with Crippen molar-refractivity contribution in [3.8, 4) is 0 Å². The molecule has 0 aliphatic rings. The third-order valence-electron chi connectivity index (χ3n) is 2.92. The molecule has 5 nitrogen and oxygen atoms in total. The maximum atomic E-state index is 12.0. The molecule has 0 aliphatic carbocycles. The second kappa shape index (κ2) is 6.81. The van der Waals surface area contributed by atoms with E-state index in [9.17, 15) is 8.42 Å². The molecule has 2 aromatic carbocycles. The fourth-order valence-corrected chi connectivity index (χ4v) is 2.61. The number of benzene rings is 2. The highest BCUT2D eigenvalue weighted by molar-refractivity contribution is 7.89. The van der Waals surface area contributed by atoms with Crippen LogP contribution in [-0.2, 0) is 10.0 Å². The Morgan fingerprint density at radius 3 is 2.18 bits per heavy atom. The first kappa shape index (κ1) is 16.3.